The van der Waals surface area contributed by atoms with E-state index in [4.69, 9.17) is 11.0 Å². The molecule has 4 nitrogen and oxygen atoms in total. The summed E-state index contributed by atoms with van der Waals surface area (Å²) < 4.78 is 27.1. The minimum Gasteiger partial charge on any atom is -0.364 e. The zero-order chi connectivity index (χ0) is 15.9. The van der Waals surface area contributed by atoms with Gasteiger partial charge >= 0.3 is 0 Å². The van der Waals surface area contributed by atoms with E-state index in [0.717, 1.165) is 12.1 Å². The molecule has 3 rings (SSSR count). The molecule has 3 N–H and O–H groups in total. The fourth-order valence-electron chi connectivity index (χ4n) is 2.36. The minimum absolute atomic E-state index is 0.126. The average Bonchev–Trinajstić information content (AvgIpc) is 2.90. The molecular weight excluding hydrogens is 288 g/mol. The van der Waals surface area contributed by atoms with E-state index in [9.17, 15) is 13.6 Å². The van der Waals surface area contributed by atoms with Crippen LogP contribution in [-0.2, 0) is 0 Å². The highest BCUT2D eigenvalue weighted by Gasteiger charge is 2.15. The maximum Gasteiger partial charge on any atom is 0.265 e. The van der Waals surface area contributed by atoms with Crippen LogP contribution in [0.2, 0.25) is 0 Å². The lowest BCUT2D eigenvalue weighted by Gasteiger charge is -2.06. The molecular formula is C16H9F2N3O. The zero-order valence-electron chi connectivity index (χ0n) is 11.2. The van der Waals surface area contributed by atoms with Crippen molar-refractivity contribution in [2.45, 2.75) is 0 Å². The Hall–Kier alpha value is -3.20. The molecule has 0 saturated carbocycles. The third kappa shape index (κ3) is 2.19. The Kier molecular flexibility index (Phi) is 3.11. The van der Waals surface area contributed by atoms with Crippen molar-refractivity contribution in [3.8, 4) is 17.2 Å². The molecule has 0 atom stereocenters. The normalized spacial score (nSPS) is 10.6. The largest absolute Gasteiger partial charge is 0.364 e. The van der Waals surface area contributed by atoms with E-state index in [2.05, 4.69) is 4.98 Å². The second kappa shape index (κ2) is 4.97. The number of aromatic amines is 1. The quantitative estimate of drug-likeness (QED) is 0.762. The molecule has 2 aromatic carbocycles. The van der Waals surface area contributed by atoms with E-state index in [-0.39, 0.29) is 11.3 Å². The Morgan fingerprint density at radius 2 is 1.91 bits per heavy atom. The van der Waals surface area contributed by atoms with Gasteiger partial charge in [0.1, 0.15) is 17.3 Å². The Morgan fingerprint density at radius 1 is 1.14 bits per heavy atom. The lowest BCUT2D eigenvalue weighted by Crippen LogP contribution is -2.10. The van der Waals surface area contributed by atoms with Crippen molar-refractivity contribution in [2.75, 3.05) is 0 Å². The summed E-state index contributed by atoms with van der Waals surface area (Å²) >= 11 is 0. The summed E-state index contributed by atoms with van der Waals surface area (Å²) in [7, 11) is 0. The average molecular weight is 297 g/mol. The SMILES string of the molecule is N#Cc1cc(-c2ccc(F)cc2F)c2[nH]c(C(N)=O)cc2c1. The van der Waals surface area contributed by atoms with Crippen LogP contribution >= 0.6 is 0 Å². The monoisotopic (exact) mass is 297 g/mol. The number of nitrogens with one attached hydrogen (secondary N) is 1. The number of carbonyl (C=O) groups excluding carboxylic acids is 1. The first-order valence-corrected chi connectivity index (χ1v) is 6.31. The van der Waals surface area contributed by atoms with E-state index < -0.39 is 17.5 Å². The highest BCUT2D eigenvalue weighted by molar-refractivity contribution is 6.02. The third-order valence-electron chi connectivity index (χ3n) is 3.34. The Bertz CT molecular complexity index is 954. The molecule has 0 aliphatic rings. The predicted molar refractivity (Wildman–Crippen MR) is 76.9 cm³/mol. The van der Waals surface area contributed by atoms with E-state index in [1.165, 1.54) is 18.2 Å². The van der Waals surface area contributed by atoms with Gasteiger partial charge in [0.25, 0.3) is 5.91 Å². The van der Waals surface area contributed by atoms with Crippen LogP contribution in [0, 0.1) is 23.0 Å². The molecule has 0 bridgehead atoms. The molecule has 108 valence electrons. The van der Waals surface area contributed by atoms with Crippen molar-refractivity contribution in [3.63, 3.8) is 0 Å². The zero-order valence-corrected chi connectivity index (χ0v) is 11.2. The van der Waals surface area contributed by atoms with Gasteiger partial charge in [0.05, 0.1) is 17.1 Å². The van der Waals surface area contributed by atoms with Crippen molar-refractivity contribution in [3.05, 3.63) is 59.3 Å². The number of carbonyl (C=O) groups is 1. The highest BCUT2D eigenvalue weighted by Crippen LogP contribution is 2.32. The van der Waals surface area contributed by atoms with Crippen molar-refractivity contribution < 1.29 is 13.6 Å². The van der Waals surface area contributed by atoms with Crippen LogP contribution in [0.25, 0.3) is 22.0 Å². The molecule has 22 heavy (non-hydrogen) atoms. The number of aromatic nitrogens is 1. The first-order chi connectivity index (χ1) is 10.5. The second-order valence-electron chi connectivity index (χ2n) is 4.77. The maximum atomic E-state index is 14.0. The smallest absolute Gasteiger partial charge is 0.265 e. The number of nitriles is 1. The van der Waals surface area contributed by atoms with Gasteiger partial charge < -0.3 is 10.7 Å². The topological polar surface area (TPSA) is 82.7 Å². The number of primary amides is 1. The maximum absolute atomic E-state index is 14.0. The van der Waals surface area contributed by atoms with Crippen LogP contribution in [-0.4, -0.2) is 10.9 Å². The molecule has 0 saturated heterocycles. The van der Waals surface area contributed by atoms with Crippen LogP contribution in [0.1, 0.15) is 16.1 Å². The summed E-state index contributed by atoms with van der Waals surface area (Å²) in [5.74, 6) is -2.12. The van der Waals surface area contributed by atoms with Crippen molar-refractivity contribution in [2.24, 2.45) is 5.73 Å². The van der Waals surface area contributed by atoms with Gasteiger partial charge in [-0.1, -0.05) is 0 Å². The number of hydrogen-bond acceptors (Lipinski definition) is 2. The Labute approximate surface area is 123 Å². The van der Waals surface area contributed by atoms with Gasteiger partial charge in [0.15, 0.2) is 0 Å². The van der Waals surface area contributed by atoms with Crippen molar-refractivity contribution in [1.29, 1.82) is 5.26 Å². The van der Waals surface area contributed by atoms with Crippen molar-refractivity contribution in [1.82, 2.24) is 4.98 Å². The molecule has 0 spiro atoms. The fraction of sp³-hybridized carbons (Fsp3) is 0. The fourth-order valence-corrected chi connectivity index (χ4v) is 2.36. The molecule has 6 heteroatoms. The first kappa shape index (κ1) is 13.8. The summed E-state index contributed by atoms with van der Waals surface area (Å²) in [5.41, 5.74) is 6.61. The number of hydrogen-bond donors (Lipinski definition) is 2. The molecule has 0 unspecified atom stereocenters. The Morgan fingerprint density at radius 3 is 2.55 bits per heavy atom. The van der Waals surface area contributed by atoms with E-state index in [1.807, 2.05) is 6.07 Å². The number of fused-ring (bicyclic) bond motifs is 1. The number of halogens is 2. The van der Waals surface area contributed by atoms with Gasteiger partial charge in [-0.25, -0.2) is 8.78 Å². The highest BCUT2D eigenvalue weighted by atomic mass is 19.1. The number of benzene rings is 2. The molecule has 1 heterocycles. The number of amides is 1. The van der Waals surface area contributed by atoms with Gasteiger partial charge in [-0.3, -0.25) is 4.79 Å². The summed E-state index contributed by atoms with van der Waals surface area (Å²) in [5, 5.41) is 9.64. The number of rotatable bonds is 2. The molecule has 0 aliphatic carbocycles. The Balaban J connectivity index is 2.36. The molecule has 0 radical (unpaired) electrons. The van der Waals surface area contributed by atoms with Crippen LogP contribution in [0.15, 0.2) is 36.4 Å². The van der Waals surface area contributed by atoms with Crippen LogP contribution in [0.4, 0.5) is 8.78 Å². The standard InChI is InChI=1S/C16H9F2N3O/c17-10-1-2-11(13(18)6-10)12-4-8(7-19)3-9-5-14(16(20)22)21-15(9)12/h1-6,21H,(H2,20,22). The summed E-state index contributed by atoms with van der Waals surface area (Å²) in [6, 6.07) is 9.66. The van der Waals surface area contributed by atoms with Gasteiger partial charge in [0, 0.05) is 22.6 Å². The van der Waals surface area contributed by atoms with Gasteiger partial charge in [0.2, 0.25) is 0 Å². The lowest BCUT2D eigenvalue weighted by molar-refractivity contribution is 0.0996. The van der Waals surface area contributed by atoms with Crippen LogP contribution < -0.4 is 5.73 Å². The van der Waals surface area contributed by atoms with Gasteiger partial charge in [-0.15, -0.1) is 0 Å². The summed E-state index contributed by atoms with van der Waals surface area (Å²) in [6.45, 7) is 0. The molecule has 0 fully saturated rings. The predicted octanol–water partition coefficient (Wildman–Crippen LogP) is 3.08. The summed E-state index contributed by atoms with van der Waals surface area (Å²) in [4.78, 5) is 14.1. The molecule has 1 aromatic heterocycles. The lowest BCUT2D eigenvalue weighted by atomic mass is 10.00. The number of nitrogens with zero attached hydrogens (tertiary/aromatic N) is 1. The second-order valence-corrected chi connectivity index (χ2v) is 4.77. The van der Waals surface area contributed by atoms with E-state index in [0.29, 0.717) is 22.0 Å². The third-order valence-corrected chi connectivity index (χ3v) is 3.34. The van der Waals surface area contributed by atoms with Gasteiger partial charge in [-0.2, -0.15) is 5.26 Å². The van der Waals surface area contributed by atoms with Crippen LogP contribution in [0.3, 0.4) is 0 Å². The first-order valence-electron chi connectivity index (χ1n) is 6.31. The molecule has 1 amide bonds. The molecule has 3 aromatic rings. The summed E-state index contributed by atoms with van der Waals surface area (Å²) in [6.07, 6.45) is 0. The minimum atomic E-state index is -0.758. The number of nitrogens with two attached hydrogens (primary N) is 1. The van der Waals surface area contributed by atoms with Crippen molar-refractivity contribution >= 4 is 16.8 Å². The van der Waals surface area contributed by atoms with E-state index in [1.54, 1.807) is 6.07 Å². The van der Waals surface area contributed by atoms with Gasteiger partial charge in [-0.05, 0) is 30.3 Å². The molecule has 0 aliphatic heterocycles. The number of H-pyrrole nitrogens is 1. The van der Waals surface area contributed by atoms with E-state index >= 15 is 0 Å². The van der Waals surface area contributed by atoms with Crippen LogP contribution in [0.5, 0.6) is 0 Å².